The Hall–Kier alpha value is -2.06. The quantitative estimate of drug-likeness (QED) is 0.803. The van der Waals surface area contributed by atoms with E-state index in [9.17, 15) is 4.79 Å². The predicted octanol–water partition coefficient (Wildman–Crippen LogP) is 1.85. The molecule has 20 heavy (non-hydrogen) atoms. The normalized spacial score (nSPS) is 11.8. The second-order valence-electron chi connectivity index (χ2n) is 4.77. The number of hydrogen-bond donors (Lipinski definition) is 1. The third-order valence-electron chi connectivity index (χ3n) is 3.03. The SMILES string of the molecule is COC(=O)C(NCc1ccc(OC)c(C#N)c1)C(C)C. The van der Waals surface area contributed by atoms with Crippen LogP contribution in [-0.4, -0.2) is 26.2 Å². The molecule has 0 aliphatic rings. The van der Waals surface area contributed by atoms with Crippen LogP contribution < -0.4 is 10.1 Å². The Balaban J connectivity index is 2.79. The summed E-state index contributed by atoms with van der Waals surface area (Å²) in [5.74, 6) is 0.384. The van der Waals surface area contributed by atoms with Crippen molar-refractivity contribution in [1.82, 2.24) is 5.32 Å². The largest absolute Gasteiger partial charge is 0.495 e. The Labute approximate surface area is 119 Å². The first-order valence-corrected chi connectivity index (χ1v) is 6.41. The van der Waals surface area contributed by atoms with Crippen molar-refractivity contribution >= 4 is 5.97 Å². The smallest absolute Gasteiger partial charge is 0.323 e. The third-order valence-corrected chi connectivity index (χ3v) is 3.03. The second kappa shape index (κ2) is 7.51. The van der Waals surface area contributed by atoms with E-state index < -0.39 is 0 Å². The van der Waals surface area contributed by atoms with Crippen LogP contribution in [0.15, 0.2) is 18.2 Å². The van der Waals surface area contributed by atoms with Crippen molar-refractivity contribution in [3.05, 3.63) is 29.3 Å². The topological polar surface area (TPSA) is 71.3 Å². The summed E-state index contributed by atoms with van der Waals surface area (Å²) in [6.07, 6.45) is 0. The summed E-state index contributed by atoms with van der Waals surface area (Å²) in [4.78, 5) is 11.6. The van der Waals surface area contributed by atoms with Crippen LogP contribution in [0.5, 0.6) is 5.75 Å². The zero-order chi connectivity index (χ0) is 15.1. The zero-order valence-corrected chi connectivity index (χ0v) is 12.3. The highest BCUT2D eigenvalue weighted by Gasteiger charge is 2.22. The van der Waals surface area contributed by atoms with Crippen LogP contribution >= 0.6 is 0 Å². The van der Waals surface area contributed by atoms with Crippen LogP contribution in [0, 0.1) is 17.2 Å². The first-order chi connectivity index (χ1) is 9.53. The number of nitrogens with one attached hydrogen (secondary N) is 1. The fourth-order valence-corrected chi connectivity index (χ4v) is 1.90. The number of esters is 1. The standard InChI is InChI=1S/C15H20N2O3/c1-10(2)14(15(18)20-4)17-9-11-5-6-13(19-3)12(7-11)8-16/h5-7,10,14,17H,9H2,1-4H3. The molecule has 1 atom stereocenters. The first kappa shape index (κ1) is 16.0. The Kier molecular flexibility index (Phi) is 6.01. The highest BCUT2D eigenvalue weighted by molar-refractivity contribution is 5.75. The van der Waals surface area contributed by atoms with E-state index in [4.69, 9.17) is 14.7 Å². The van der Waals surface area contributed by atoms with Gasteiger partial charge in [0.15, 0.2) is 0 Å². The van der Waals surface area contributed by atoms with Crippen LogP contribution in [-0.2, 0) is 16.1 Å². The minimum absolute atomic E-state index is 0.121. The van der Waals surface area contributed by atoms with Gasteiger partial charge in [-0.2, -0.15) is 5.26 Å². The van der Waals surface area contributed by atoms with Crippen molar-refractivity contribution < 1.29 is 14.3 Å². The highest BCUT2D eigenvalue weighted by atomic mass is 16.5. The highest BCUT2D eigenvalue weighted by Crippen LogP contribution is 2.19. The fraction of sp³-hybridized carbons (Fsp3) is 0.467. The van der Waals surface area contributed by atoms with E-state index in [-0.39, 0.29) is 17.9 Å². The average molecular weight is 276 g/mol. The maximum Gasteiger partial charge on any atom is 0.323 e. The number of rotatable bonds is 6. The van der Waals surface area contributed by atoms with Crippen molar-refractivity contribution in [2.75, 3.05) is 14.2 Å². The van der Waals surface area contributed by atoms with E-state index in [0.29, 0.717) is 17.9 Å². The van der Waals surface area contributed by atoms with Crippen molar-refractivity contribution in [1.29, 1.82) is 5.26 Å². The lowest BCUT2D eigenvalue weighted by Gasteiger charge is -2.20. The van der Waals surface area contributed by atoms with Gasteiger partial charge in [0.1, 0.15) is 17.9 Å². The van der Waals surface area contributed by atoms with Crippen molar-refractivity contribution in [3.63, 3.8) is 0 Å². The summed E-state index contributed by atoms with van der Waals surface area (Å²) in [6, 6.07) is 7.08. The van der Waals surface area contributed by atoms with Crippen LogP contribution in [0.2, 0.25) is 0 Å². The monoisotopic (exact) mass is 276 g/mol. The molecule has 0 aliphatic heterocycles. The van der Waals surface area contributed by atoms with Crippen LogP contribution in [0.1, 0.15) is 25.0 Å². The molecule has 1 aromatic rings. The molecule has 1 aromatic carbocycles. The lowest BCUT2D eigenvalue weighted by atomic mass is 10.0. The van der Waals surface area contributed by atoms with Gasteiger partial charge in [-0.1, -0.05) is 19.9 Å². The number of hydrogen-bond acceptors (Lipinski definition) is 5. The Bertz CT molecular complexity index is 506. The van der Waals surface area contributed by atoms with E-state index in [1.54, 1.807) is 12.1 Å². The molecule has 0 fully saturated rings. The molecule has 0 radical (unpaired) electrons. The van der Waals surface area contributed by atoms with Gasteiger partial charge in [0.2, 0.25) is 0 Å². The molecule has 0 spiro atoms. The first-order valence-electron chi connectivity index (χ1n) is 6.41. The number of benzene rings is 1. The summed E-state index contributed by atoms with van der Waals surface area (Å²) in [6.45, 7) is 4.38. The molecule has 1 rings (SSSR count). The van der Waals surface area contributed by atoms with Gasteiger partial charge in [0, 0.05) is 6.54 Å². The van der Waals surface area contributed by atoms with Crippen LogP contribution in [0.25, 0.3) is 0 Å². The molecular weight excluding hydrogens is 256 g/mol. The summed E-state index contributed by atoms with van der Waals surface area (Å²) in [5, 5.41) is 12.2. The van der Waals surface area contributed by atoms with Crippen molar-refractivity contribution in [3.8, 4) is 11.8 Å². The summed E-state index contributed by atoms with van der Waals surface area (Å²) in [7, 11) is 2.90. The molecule has 0 saturated carbocycles. The third kappa shape index (κ3) is 3.97. The molecule has 0 heterocycles. The fourth-order valence-electron chi connectivity index (χ4n) is 1.90. The molecule has 5 nitrogen and oxygen atoms in total. The average Bonchev–Trinajstić information content (AvgIpc) is 2.46. The van der Waals surface area contributed by atoms with Gasteiger partial charge in [-0.25, -0.2) is 0 Å². The van der Waals surface area contributed by atoms with E-state index >= 15 is 0 Å². The van der Waals surface area contributed by atoms with Crippen molar-refractivity contribution in [2.24, 2.45) is 5.92 Å². The molecule has 108 valence electrons. The maximum atomic E-state index is 11.6. The maximum absolute atomic E-state index is 11.6. The van der Waals surface area contributed by atoms with Crippen LogP contribution in [0.3, 0.4) is 0 Å². The number of carbonyl (C=O) groups is 1. The molecule has 0 aromatic heterocycles. The number of nitrogens with zero attached hydrogens (tertiary/aromatic N) is 1. The molecule has 1 unspecified atom stereocenters. The van der Waals surface area contributed by atoms with Crippen LogP contribution in [0.4, 0.5) is 0 Å². The lowest BCUT2D eigenvalue weighted by molar-refractivity contribution is -0.144. The summed E-state index contributed by atoms with van der Waals surface area (Å²) in [5.41, 5.74) is 1.39. The molecule has 0 bridgehead atoms. The van der Waals surface area contributed by atoms with Gasteiger partial charge in [-0.3, -0.25) is 4.79 Å². The lowest BCUT2D eigenvalue weighted by Crippen LogP contribution is -2.41. The van der Waals surface area contributed by atoms with E-state index in [0.717, 1.165) is 5.56 Å². The second-order valence-corrected chi connectivity index (χ2v) is 4.77. The summed E-state index contributed by atoms with van der Waals surface area (Å²) >= 11 is 0. The van der Waals surface area contributed by atoms with Gasteiger partial charge in [-0.15, -0.1) is 0 Å². The molecule has 0 amide bonds. The van der Waals surface area contributed by atoms with Crippen molar-refractivity contribution in [2.45, 2.75) is 26.4 Å². The molecule has 5 heteroatoms. The molecular formula is C15H20N2O3. The predicted molar refractivity (Wildman–Crippen MR) is 75.2 cm³/mol. The van der Waals surface area contributed by atoms with Gasteiger partial charge < -0.3 is 14.8 Å². The minimum atomic E-state index is -0.368. The van der Waals surface area contributed by atoms with Gasteiger partial charge in [0.25, 0.3) is 0 Å². The molecule has 0 saturated heterocycles. The summed E-state index contributed by atoms with van der Waals surface area (Å²) < 4.78 is 9.86. The minimum Gasteiger partial charge on any atom is -0.495 e. The Morgan fingerprint density at radius 3 is 2.60 bits per heavy atom. The Morgan fingerprint density at radius 2 is 2.10 bits per heavy atom. The Morgan fingerprint density at radius 1 is 1.40 bits per heavy atom. The number of methoxy groups -OCH3 is 2. The molecule has 0 aliphatic carbocycles. The van der Waals surface area contributed by atoms with Gasteiger partial charge in [0.05, 0.1) is 19.8 Å². The number of nitriles is 1. The number of ether oxygens (including phenoxy) is 2. The van der Waals surface area contributed by atoms with Gasteiger partial charge in [-0.05, 0) is 23.6 Å². The zero-order valence-electron chi connectivity index (χ0n) is 12.3. The van der Waals surface area contributed by atoms with E-state index in [2.05, 4.69) is 11.4 Å². The van der Waals surface area contributed by atoms with E-state index in [1.807, 2.05) is 19.9 Å². The van der Waals surface area contributed by atoms with E-state index in [1.165, 1.54) is 14.2 Å². The number of carbonyl (C=O) groups excluding carboxylic acids is 1. The molecule has 1 N–H and O–H groups in total. The van der Waals surface area contributed by atoms with Gasteiger partial charge >= 0.3 is 5.97 Å².